The first kappa shape index (κ1) is 14.5. The fourth-order valence-corrected chi connectivity index (χ4v) is 1.98. The van der Waals surface area contributed by atoms with Crippen molar-refractivity contribution in [1.29, 1.82) is 0 Å². The van der Waals surface area contributed by atoms with Crippen LogP contribution in [0.4, 0.5) is 0 Å². The minimum Gasteiger partial charge on any atom is -0.480 e. The molecule has 18 heavy (non-hydrogen) atoms. The predicted octanol–water partition coefficient (Wildman–Crippen LogP) is 0.755. The van der Waals surface area contributed by atoms with Crippen LogP contribution in [0.25, 0.3) is 0 Å². The largest absolute Gasteiger partial charge is 0.480 e. The molecular weight excluding hydrogens is 258 g/mol. The molecule has 0 saturated heterocycles. The number of hydrogen-bond acceptors (Lipinski definition) is 3. The zero-order chi connectivity index (χ0) is 14.1. The highest BCUT2D eigenvalue weighted by Crippen LogP contribution is 2.29. The lowest BCUT2D eigenvalue weighted by Crippen LogP contribution is -2.43. The number of nitrogens with zero attached hydrogens (tertiary/aromatic N) is 2. The molecule has 0 radical (unpaired) electrons. The van der Waals surface area contributed by atoms with Gasteiger partial charge in [0.1, 0.15) is 5.41 Å². The van der Waals surface area contributed by atoms with E-state index in [0.717, 1.165) is 0 Å². The number of amides is 1. The van der Waals surface area contributed by atoms with Gasteiger partial charge in [-0.2, -0.15) is 5.10 Å². The average molecular weight is 274 g/mol. The van der Waals surface area contributed by atoms with Crippen molar-refractivity contribution in [1.82, 2.24) is 9.78 Å². The zero-order valence-corrected chi connectivity index (χ0v) is 11.3. The van der Waals surface area contributed by atoms with Crippen LogP contribution < -0.4 is 5.73 Å². The summed E-state index contributed by atoms with van der Waals surface area (Å²) in [5, 5.41) is 13.7. The molecular formula is C11H16ClN3O3. The fraction of sp³-hybridized carbons (Fsp3) is 0.545. The van der Waals surface area contributed by atoms with Gasteiger partial charge in [0.05, 0.1) is 16.4 Å². The molecule has 1 rings (SSSR count). The lowest BCUT2D eigenvalue weighted by molar-refractivity contribution is -0.153. The van der Waals surface area contributed by atoms with Gasteiger partial charge in [-0.25, -0.2) is 0 Å². The van der Waals surface area contributed by atoms with Crippen molar-refractivity contribution in [3.05, 3.63) is 16.4 Å². The topological polar surface area (TPSA) is 98.2 Å². The summed E-state index contributed by atoms with van der Waals surface area (Å²) in [6.07, 6.45) is 0.549. The quantitative estimate of drug-likeness (QED) is 0.774. The number of carboxylic acids is 1. The molecule has 1 unspecified atom stereocenters. The molecule has 0 aliphatic carbocycles. The Labute approximate surface area is 110 Å². The van der Waals surface area contributed by atoms with E-state index in [9.17, 15) is 9.59 Å². The molecule has 0 aromatic carbocycles. The number of aryl methyl sites for hydroxylation is 2. The summed E-state index contributed by atoms with van der Waals surface area (Å²) in [6, 6.07) is 0. The van der Waals surface area contributed by atoms with Gasteiger partial charge in [0, 0.05) is 13.5 Å². The lowest BCUT2D eigenvalue weighted by Gasteiger charge is -2.20. The molecule has 0 spiro atoms. The lowest BCUT2D eigenvalue weighted by atomic mass is 9.84. The van der Waals surface area contributed by atoms with Crippen LogP contribution in [-0.4, -0.2) is 26.8 Å². The second-order valence-corrected chi connectivity index (χ2v) is 4.74. The minimum absolute atomic E-state index is 0.0833. The Balaban J connectivity index is 3.21. The maximum Gasteiger partial charge on any atom is 0.319 e. The summed E-state index contributed by atoms with van der Waals surface area (Å²) in [4.78, 5) is 22.5. The maximum atomic E-state index is 11.3. The monoisotopic (exact) mass is 273 g/mol. The van der Waals surface area contributed by atoms with Gasteiger partial charge >= 0.3 is 5.97 Å². The summed E-state index contributed by atoms with van der Waals surface area (Å²) in [7, 11) is 1.66. The standard InChI is InChI=1S/C11H16ClN3O3/c1-4-6-8(12)7(15(3)14-6)5-11(2,9(13)16)10(17)18/h4-5H2,1-3H3,(H2,13,16)(H,17,18). The van der Waals surface area contributed by atoms with Gasteiger partial charge in [-0.3, -0.25) is 14.3 Å². The third-order valence-corrected chi connectivity index (χ3v) is 3.48. The molecule has 100 valence electrons. The van der Waals surface area contributed by atoms with Crippen LogP contribution in [0, 0.1) is 5.41 Å². The first-order valence-electron chi connectivity index (χ1n) is 5.47. The molecule has 0 bridgehead atoms. The van der Waals surface area contributed by atoms with E-state index in [-0.39, 0.29) is 6.42 Å². The van der Waals surface area contributed by atoms with Crippen LogP contribution in [0.1, 0.15) is 25.2 Å². The Kier molecular flexibility index (Phi) is 4.01. The van der Waals surface area contributed by atoms with Crippen molar-refractivity contribution in [2.45, 2.75) is 26.7 Å². The Bertz CT molecular complexity index is 482. The average Bonchev–Trinajstić information content (AvgIpc) is 2.55. The first-order valence-corrected chi connectivity index (χ1v) is 5.85. The van der Waals surface area contributed by atoms with E-state index in [1.165, 1.54) is 11.6 Å². The highest BCUT2D eigenvalue weighted by Gasteiger charge is 2.41. The van der Waals surface area contributed by atoms with Crippen LogP contribution in [0.3, 0.4) is 0 Å². The van der Waals surface area contributed by atoms with Gasteiger partial charge in [-0.15, -0.1) is 0 Å². The van der Waals surface area contributed by atoms with Crippen molar-refractivity contribution < 1.29 is 14.7 Å². The number of rotatable bonds is 5. The number of carboxylic acid groups (broad SMARTS) is 1. The van der Waals surface area contributed by atoms with E-state index in [2.05, 4.69) is 5.10 Å². The Hall–Kier alpha value is -1.56. The number of carbonyl (C=O) groups is 2. The maximum absolute atomic E-state index is 11.3. The van der Waals surface area contributed by atoms with Gasteiger partial charge in [0.15, 0.2) is 0 Å². The number of carbonyl (C=O) groups excluding carboxylic acids is 1. The summed E-state index contributed by atoms with van der Waals surface area (Å²) in [5.74, 6) is -2.17. The molecule has 1 aromatic rings. The summed E-state index contributed by atoms with van der Waals surface area (Å²) >= 11 is 6.12. The molecule has 3 N–H and O–H groups in total. The molecule has 1 heterocycles. The zero-order valence-electron chi connectivity index (χ0n) is 10.5. The van der Waals surface area contributed by atoms with Crippen molar-refractivity contribution >= 4 is 23.5 Å². The van der Waals surface area contributed by atoms with Gasteiger partial charge in [-0.05, 0) is 13.3 Å². The number of hydrogen-bond donors (Lipinski definition) is 2. The predicted molar refractivity (Wildman–Crippen MR) is 66.2 cm³/mol. The molecule has 0 aliphatic heterocycles. The SMILES string of the molecule is CCc1nn(C)c(CC(C)(C(N)=O)C(=O)O)c1Cl. The Morgan fingerprint density at radius 2 is 2.11 bits per heavy atom. The van der Waals surface area contributed by atoms with E-state index in [1.807, 2.05) is 6.92 Å². The number of nitrogens with two attached hydrogens (primary N) is 1. The van der Waals surface area contributed by atoms with Crippen LogP contribution in [0.5, 0.6) is 0 Å². The summed E-state index contributed by atoms with van der Waals surface area (Å²) < 4.78 is 1.49. The second kappa shape index (κ2) is 4.97. The van der Waals surface area contributed by atoms with E-state index in [0.29, 0.717) is 22.8 Å². The van der Waals surface area contributed by atoms with Crippen molar-refractivity contribution in [3.63, 3.8) is 0 Å². The highest BCUT2D eigenvalue weighted by molar-refractivity contribution is 6.32. The van der Waals surface area contributed by atoms with Crippen LogP contribution >= 0.6 is 11.6 Å². The van der Waals surface area contributed by atoms with E-state index >= 15 is 0 Å². The normalized spacial score (nSPS) is 14.2. The Morgan fingerprint density at radius 3 is 2.44 bits per heavy atom. The first-order chi connectivity index (χ1) is 8.24. The third-order valence-electron chi connectivity index (χ3n) is 3.04. The number of halogens is 1. The van der Waals surface area contributed by atoms with E-state index in [1.54, 1.807) is 7.05 Å². The van der Waals surface area contributed by atoms with Crippen molar-refractivity contribution in [2.75, 3.05) is 0 Å². The molecule has 1 amide bonds. The van der Waals surface area contributed by atoms with Gasteiger partial charge < -0.3 is 10.8 Å². The molecule has 7 heteroatoms. The number of aromatic nitrogens is 2. The van der Waals surface area contributed by atoms with Gasteiger partial charge in [0.2, 0.25) is 5.91 Å². The van der Waals surface area contributed by atoms with Crippen LogP contribution in [0.15, 0.2) is 0 Å². The van der Waals surface area contributed by atoms with Crippen LogP contribution in [0.2, 0.25) is 5.02 Å². The minimum atomic E-state index is -1.69. The summed E-state index contributed by atoms with van der Waals surface area (Å²) in [5.41, 5.74) is 4.64. The summed E-state index contributed by atoms with van der Waals surface area (Å²) in [6.45, 7) is 3.18. The van der Waals surface area contributed by atoms with Gasteiger partial charge in [0.25, 0.3) is 0 Å². The molecule has 1 aromatic heterocycles. The Morgan fingerprint density at radius 1 is 1.56 bits per heavy atom. The second-order valence-electron chi connectivity index (χ2n) is 4.36. The number of primary amides is 1. The number of aliphatic carboxylic acids is 1. The molecule has 1 atom stereocenters. The van der Waals surface area contributed by atoms with Crippen LogP contribution in [-0.2, 0) is 29.5 Å². The highest BCUT2D eigenvalue weighted by atomic mass is 35.5. The third kappa shape index (κ3) is 2.33. The molecule has 0 saturated carbocycles. The van der Waals surface area contributed by atoms with Crippen molar-refractivity contribution in [2.24, 2.45) is 18.2 Å². The van der Waals surface area contributed by atoms with Crippen molar-refractivity contribution in [3.8, 4) is 0 Å². The van der Waals surface area contributed by atoms with E-state index in [4.69, 9.17) is 22.4 Å². The van der Waals surface area contributed by atoms with Gasteiger partial charge in [-0.1, -0.05) is 18.5 Å². The smallest absolute Gasteiger partial charge is 0.319 e. The molecule has 0 aliphatic rings. The molecule has 0 fully saturated rings. The fourth-order valence-electron chi connectivity index (χ4n) is 1.61. The molecule has 6 nitrogen and oxygen atoms in total. The van der Waals surface area contributed by atoms with E-state index < -0.39 is 17.3 Å².